The number of morpholine rings is 1. The van der Waals surface area contributed by atoms with Crippen LogP contribution in [-0.4, -0.2) is 52.8 Å². The minimum absolute atomic E-state index is 0.0436. The predicted molar refractivity (Wildman–Crippen MR) is 73.2 cm³/mol. The van der Waals surface area contributed by atoms with Crippen LogP contribution in [-0.2, 0) is 9.53 Å². The van der Waals surface area contributed by atoms with Crippen LogP contribution in [0.2, 0.25) is 0 Å². The fourth-order valence-corrected chi connectivity index (χ4v) is 2.44. The van der Waals surface area contributed by atoms with Crippen molar-refractivity contribution in [1.29, 1.82) is 0 Å². The SMILES string of the molecule is CCCC(C(=O)N1CC(C)OC(CO)C1)C(N)=S. The van der Waals surface area contributed by atoms with Crippen LogP contribution in [0.4, 0.5) is 0 Å². The van der Waals surface area contributed by atoms with E-state index < -0.39 is 5.92 Å². The summed E-state index contributed by atoms with van der Waals surface area (Å²) in [5.74, 6) is -0.437. The molecule has 6 heteroatoms. The molecule has 3 atom stereocenters. The Morgan fingerprint density at radius 1 is 1.61 bits per heavy atom. The van der Waals surface area contributed by atoms with Gasteiger partial charge in [-0.05, 0) is 13.3 Å². The molecule has 1 heterocycles. The molecule has 0 aliphatic carbocycles. The molecule has 1 fully saturated rings. The minimum atomic E-state index is -0.394. The predicted octanol–water partition coefficient (Wildman–Crippen LogP) is 0.297. The summed E-state index contributed by atoms with van der Waals surface area (Å²) in [5.41, 5.74) is 5.64. The maximum atomic E-state index is 12.4. The zero-order chi connectivity index (χ0) is 13.7. The molecule has 3 N–H and O–H groups in total. The summed E-state index contributed by atoms with van der Waals surface area (Å²) in [7, 11) is 0. The number of nitrogens with two attached hydrogens (primary N) is 1. The van der Waals surface area contributed by atoms with Gasteiger partial charge in [-0.1, -0.05) is 25.6 Å². The van der Waals surface area contributed by atoms with Crippen LogP contribution >= 0.6 is 12.2 Å². The largest absolute Gasteiger partial charge is 0.394 e. The maximum absolute atomic E-state index is 12.4. The molecule has 5 nitrogen and oxygen atoms in total. The Bertz CT molecular complexity index is 312. The Balaban J connectivity index is 2.71. The summed E-state index contributed by atoms with van der Waals surface area (Å²) < 4.78 is 5.51. The highest BCUT2D eigenvalue weighted by Gasteiger charge is 2.32. The molecule has 3 unspecified atom stereocenters. The number of hydrogen-bond acceptors (Lipinski definition) is 4. The molecule has 1 saturated heterocycles. The van der Waals surface area contributed by atoms with E-state index in [0.717, 1.165) is 6.42 Å². The average molecular weight is 274 g/mol. The number of aliphatic hydroxyl groups excluding tert-OH is 1. The van der Waals surface area contributed by atoms with Gasteiger partial charge in [-0.25, -0.2) is 0 Å². The molecule has 0 aromatic carbocycles. The van der Waals surface area contributed by atoms with Crippen molar-refractivity contribution < 1.29 is 14.6 Å². The van der Waals surface area contributed by atoms with E-state index in [0.29, 0.717) is 19.5 Å². The van der Waals surface area contributed by atoms with Crippen molar-refractivity contribution in [2.75, 3.05) is 19.7 Å². The Hall–Kier alpha value is -0.720. The Kier molecular flexibility index (Phi) is 5.98. The summed E-state index contributed by atoms with van der Waals surface area (Å²) in [6.45, 7) is 4.73. The molecule has 0 saturated carbocycles. The molecule has 1 rings (SSSR count). The molecule has 0 aromatic heterocycles. The van der Waals surface area contributed by atoms with Gasteiger partial charge in [0, 0.05) is 13.1 Å². The number of carbonyl (C=O) groups is 1. The van der Waals surface area contributed by atoms with Crippen LogP contribution in [0, 0.1) is 5.92 Å². The molecular weight excluding hydrogens is 252 g/mol. The summed E-state index contributed by atoms with van der Waals surface area (Å²) in [6, 6.07) is 0. The third kappa shape index (κ3) is 3.90. The van der Waals surface area contributed by atoms with Gasteiger partial charge < -0.3 is 20.5 Å². The Labute approximate surface area is 113 Å². The van der Waals surface area contributed by atoms with Crippen molar-refractivity contribution in [3.63, 3.8) is 0 Å². The molecular formula is C12H22N2O3S. The van der Waals surface area contributed by atoms with E-state index in [9.17, 15) is 4.79 Å². The van der Waals surface area contributed by atoms with Crippen LogP contribution in [0.5, 0.6) is 0 Å². The second kappa shape index (κ2) is 7.01. The molecule has 18 heavy (non-hydrogen) atoms. The van der Waals surface area contributed by atoms with E-state index in [4.69, 9.17) is 27.8 Å². The quantitative estimate of drug-likeness (QED) is 0.705. The summed E-state index contributed by atoms with van der Waals surface area (Å²) in [5, 5.41) is 9.15. The van der Waals surface area contributed by atoms with Crippen molar-refractivity contribution >= 4 is 23.1 Å². The highest BCUT2D eigenvalue weighted by Crippen LogP contribution is 2.17. The maximum Gasteiger partial charge on any atom is 0.232 e. The van der Waals surface area contributed by atoms with E-state index in [1.165, 1.54) is 0 Å². The fourth-order valence-electron chi connectivity index (χ4n) is 2.22. The van der Waals surface area contributed by atoms with Crippen LogP contribution in [0.25, 0.3) is 0 Å². The first kappa shape index (κ1) is 15.3. The van der Waals surface area contributed by atoms with E-state index in [-0.39, 0.29) is 29.7 Å². The van der Waals surface area contributed by atoms with Gasteiger partial charge in [0.25, 0.3) is 0 Å². The number of rotatable bonds is 5. The number of ether oxygens (including phenoxy) is 1. The zero-order valence-corrected chi connectivity index (χ0v) is 11.8. The molecule has 104 valence electrons. The highest BCUT2D eigenvalue weighted by molar-refractivity contribution is 7.80. The van der Waals surface area contributed by atoms with E-state index >= 15 is 0 Å². The third-order valence-corrected chi connectivity index (χ3v) is 3.34. The topological polar surface area (TPSA) is 75.8 Å². The lowest BCUT2D eigenvalue weighted by atomic mass is 10.0. The second-order valence-electron chi connectivity index (χ2n) is 4.74. The van der Waals surface area contributed by atoms with E-state index in [2.05, 4.69) is 0 Å². The van der Waals surface area contributed by atoms with E-state index in [1.807, 2.05) is 13.8 Å². The highest BCUT2D eigenvalue weighted by atomic mass is 32.1. The Morgan fingerprint density at radius 2 is 2.28 bits per heavy atom. The van der Waals surface area contributed by atoms with Crippen molar-refractivity contribution in [2.45, 2.75) is 38.9 Å². The number of aliphatic hydroxyl groups is 1. The number of amides is 1. The van der Waals surface area contributed by atoms with Gasteiger partial charge in [0.15, 0.2) is 0 Å². The van der Waals surface area contributed by atoms with Crippen LogP contribution in [0.15, 0.2) is 0 Å². The number of carbonyl (C=O) groups excluding carboxylic acids is 1. The van der Waals surface area contributed by atoms with Gasteiger partial charge in [0.05, 0.1) is 29.7 Å². The van der Waals surface area contributed by atoms with Gasteiger partial charge >= 0.3 is 0 Å². The van der Waals surface area contributed by atoms with Crippen molar-refractivity contribution in [1.82, 2.24) is 4.90 Å². The monoisotopic (exact) mass is 274 g/mol. The molecule has 1 amide bonds. The summed E-state index contributed by atoms with van der Waals surface area (Å²) >= 11 is 4.96. The fraction of sp³-hybridized carbons (Fsp3) is 0.833. The van der Waals surface area contributed by atoms with Gasteiger partial charge in [-0.15, -0.1) is 0 Å². The lowest BCUT2D eigenvalue weighted by Gasteiger charge is -2.37. The third-order valence-electron chi connectivity index (χ3n) is 3.06. The van der Waals surface area contributed by atoms with Crippen molar-refractivity contribution in [3.8, 4) is 0 Å². The number of nitrogens with zero attached hydrogens (tertiary/aromatic N) is 1. The lowest BCUT2D eigenvalue weighted by Crippen LogP contribution is -2.53. The normalized spacial score (nSPS) is 25.8. The van der Waals surface area contributed by atoms with Gasteiger partial charge in [0.2, 0.25) is 5.91 Å². The second-order valence-corrected chi connectivity index (χ2v) is 5.21. The average Bonchev–Trinajstić information content (AvgIpc) is 2.33. The number of thiocarbonyl (C=S) groups is 1. The van der Waals surface area contributed by atoms with Gasteiger partial charge in [-0.3, -0.25) is 4.79 Å². The molecule has 0 radical (unpaired) electrons. The lowest BCUT2D eigenvalue weighted by molar-refractivity contribution is -0.149. The smallest absolute Gasteiger partial charge is 0.232 e. The minimum Gasteiger partial charge on any atom is -0.394 e. The van der Waals surface area contributed by atoms with E-state index in [1.54, 1.807) is 4.90 Å². The first-order valence-electron chi connectivity index (χ1n) is 6.34. The van der Waals surface area contributed by atoms with Crippen LogP contribution < -0.4 is 5.73 Å². The molecule has 0 bridgehead atoms. The molecule has 1 aliphatic rings. The number of hydrogen-bond donors (Lipinski definition) is 2. The molecule has 1 aliphatic heterocycles. The van der Waals surface area contributed by atoms with Crippen LogP contribution in [0.1, 0.15) is 26.7 Å². The first-order valence-corrected chi connectivity index (χ1v) is 6.74. The van der Waals surface area contributed by atoms with Gasteiger partial charge in [0.1, 0.15) is 0 Å². The molecule has 0 spiro atoms. The van der Waals surface area contributed by atoms with Gasteiger partial charge in [-0.2, -0.15) is 0 Å². The summed E-state index contributed by atoms with van der Waals surface area (Å²) in [6.07, 6.45) is 1.14. The van der Waals surface area contributed by atoms with Crippen molar-refractivity contribution in [3.05, 3.63) is 0 Å². The molecule has 0 aromatic rings. The summed E-state index contributed by atoms with van der Waals surface area (Å²) in [4.78, 5) is 14.3. The first-order chi connectivity index (χ1) is 8.49. The zero-order valence-electron chi connectivity index (χ0n) is 11.0. The van der Waals surface area contributed by atoms with Crippen LogP contribution in [0.3, 0.4) is 0 Å². The van der Waals surface area contributed by atoms with Crippen molar-refractivity contribution in [2.24, 2.45) is 11.7 Å². The Morgan fingerprint density at radius 3 is 2.78 bits per heavy atom. The standard InChI is InChI=1S/C12H22N2O3S/c1-3-4-10(11(13)18)12(16)14-5-8(2)17-9(6-14)7-15/h8-10,15H,3-7H2,1-2H3,(H2,13,18).